The molecule has 2 heterocycles. The Hall–Kier alpha value is -3.12. The van der Waals surface area contributed by atoms with Crippen molar-refractivity contribution >= 4 is 17.0 Å². The van der Waals surface area contributed by atoms with Gasteiger partial charge in [-0.05, 0) is 16.7 Å². The van der Waals surface area contributed by atoms with E-state index in [4.69, 9.17) is 11.3 Å². The van der Waals surface area contributed by atoms with Crippen LogP contribution in [0.4, 0.5) is 5.82 Å². The molecule has 0 aliphatic rings. The van der Waals surface area contributed by atoms with Gasteiger partial charge in [0.2, 0.25) is 0 Å². The molecule has 0 radical (unpaired) electrons. The topological polar surface area (TPSA) is 118 Å². The molecular weight excluding hydrogens is 268 g/mol. The molecule has 3 aromatic rings. The molecule has 0 amide bonds. The zero-order valence-corrected chi connectivity index (χ0v) is 11.1. The van der Waals surface area contributed by atoms with Gasteiger partial charge in [0, 0.05) is 4.91 Å². The molecule has 0 saturated heterocycles. The number of nitrogens with zero attached hydrogens (tertiary/aromatic N) is 7. The summed E-state index contributed by atoms with van der Waals surface area (Å²) in [5.74, 6) is 0.378. The van der Waals surface area contributed by atoms with Crippen LogP contribution in [0.25, 0.3) is 21.6 Å². The first-order valence-corrected chi connectivity index (χ1v) is 6.28. The summed E-state index contributed by atoms with van der Waals surface area (Å²) in [6.07, 6.45) is 3.13. The van der Waals surface area contributed by atoms with Gasteiger partial charge in [-0.2, -0.15) is 0 Å². The number of imidazole rings is 1. The Kier molecular flexibility index (Phi) is 3.36. The van der Waals surface area contributed by atoms with Gasteiger partial charge in [0.15, 0.2) is 11.5 Å². The second-order valence-electron chi connectivity index (χ2n) is 4.51. The fourth-order valence-electron chi connectivity index (χ4n) is 2.07. The quantitative estimate of drug-likeness (QED) is 0.448. The summed E-state index contributed by atoms with van der Waals surface area (Å²) in [7, 11) is 0. The lowest BCUT2D eigenvalue weighted by atomic mass is 10.1. The average molecular weight is 280 g/mol. The smallest absolute Gasteiger partial charge is 0.165 e. The molecular formula is C13H12N8. The lowest BCUT2D eigenvalue weighted by molar-refractivity contribution is 0.812. The van der Waals surface area contributed by atoms with Crippen LogP contribution in [0.1, 0.15) is 11.1 Å². The molecule has 0 aliphatic heterocycles. The van der Waals surface area contributed by atoms with Gasteiger partial charge in [0.1, 0.15) is 11.8 Å². The van der Waals surface area contributed by atoms with E-state index in [0.29, 0.717) is 30.1 Å². The Morgan fingerprint density at radius 1 is 1.14 bits per heavy atom. The molecule has 3 rings (SSSR count). The minimum Gasteiger partial charge on any atom is -0.382 e. The number of benzene rings is 1. The van der Waals surface area contributed by atoms with Crippen molar-refractivity contribution < 1.29 is 0 Å². The van der Waals surface area contributed by atoms with Crippen LogP contribution in [0.2, 0.25) is 0 Å². The monoisotopic (exact) mass is 280 g/mol. The van der Waals surface area contributed by atoms with E-state index >= 15 is 0 Å². The van der Waals surface area contributed by atoms with E-state index in [-0.39, 0.29) is 0 Å². The number of nitrogen functional groups attached to an aromatic ring is 1. The van der Waals surface area contributed by atoms with Crippen molar-refractivity contribution in [2.24, 2.45) is 5.11 Å². The molecule has 0 fully saturated rings. The maximum atomic E-state index is 8.30. The highest BCUT2D eigenvalue weighted by Gasteiger charge is 2.07. The predicted octanol–water partition coefficient (Wildman–Crippen LogP) is 2.27. The number of hydrogen-bond acceptors (Lipinski definition) is 5. The minimum absolute atomic E-state index is 0.356. The Morgan fingerprint density at radius 3 is 2.67 bits per heavy atom. The van der Waals surface area contributed by atoms with Gasteiger partial charge in [0.25, 0.3) is 0 Å². The number of aromatic nitrogens is 4. The van der Waals surface area contributed by atoms with E-state index < -0.39 is 0 Å². The zero-order valence-electron chi connectivity index (χ0n) is 11.1. The third-order valence-corrected chi connectivity index (χ3v) is 3.12. The summed E-state index contributed by atoms with van der Waals surface area (Å²) < 4.78 is 1.91. The standard InChI is InChI=1S/C13H12N8/c14-12-11-13(17-7-16-12)21(8-18-11)6-10-3-1-9(2-4-10)5-19-20-15/h1-4,7-8H,5-6H2,(H2,14,16,17). The molecule has 0 saturated carbocycles. The molecule has 2 aromatic heterocycles. The van der Waals surface area contributed by atoms with Crippen molar-refractivity contribution in [2.75, 3.05) is 5.73 Å². The average Bonchev–Trinajstić information content (AvgIpc) is 2.91. The predicted molar refractivity (Wildman–Crippen MR) is 78.1 cm³/mol. The highest BCUT2D eigenvalue weighted by atomic mass is 15.1. The van der Waals surface area contributed by atoms with Crippen molar-refractivity contribution in [3.05, 3.63) is 58.5 Å². The van der Waals surface area contributed by atoms with E-state index in [9.17, 15) is 0 Å². The summed E-state index contributed by atoms with van der Waals surface area (Å²) in [6.45, 7) is 0.989. The summed E-state index contributed by atoms with van der Waals surface area (Å²) in [4.78, 5) is 15.1. The van der Waals surface area contributed by atoms with Crippen molar-refractivity contribution in [3.63, 3.8) is 0 Å². The fraction of sp³-hybridized carbons (Fsp3) is 0.154. The van der Waals surface area contributed by atoms with Gasteiger partial charge >= 0.3 is 0 Å². The van der Waals surface area contributed by atoms with Crippen LogP contribution in [0, 0.1) is 0 Å². The Bertz CT molecular complexity index is 814. The normalized spacial score (nSPS) is 10.5. The SMILES string of the molecule is [N-]=[N+]=NCc1ccc(Cn2cnc3c(N)ncnc32)cc1. The molecule has 0 unspecified atom stereocenters. The lowest BCUT2D eigenvalue weighted by Gasteiger charge is -2.05. The summed E-state index contributed by atoms with van der Waals surface area (Å²) >= 11 is 0. The Labute approximate surface area is 119 Å². The molecule has 104 valence electrons. The number of nitrogens with two attached hydrogens (primary N) is 1. The van der Waals surface area contributed by atoms with Crippen LogP contribution in [0.15, 0.2) is 42.0 Å². The number of anilines is 1. The van der Waals surface area contributed by atoms with E-state index in [1.54, 1.807) is 6.33 Å². The molecule has 0 bridgehead atoms. The van der Waals surface area contributed by atoms with Gasteiger partial charge in [-0.25, -0.2) is 15.0 Å². The molecule has 1 aromatic carbocycles. The van der Waals surface area contributed by atoms with Gasteiger partial charge in [-0.15, -0.1) is 0 Å². The van der Waals surface area contributed by atoms with Crippen LogP contribution in [-0.2, 0) is 13.1 Å². The van der Waals surface area contributed by atoms with E-state index in [2.05, 4.69) is 25.0 Å². The molecule has 21 heavy (non-hydrogen) atoms. The third kappa shape index (κ3) is 2.60. The highest BCUT2D eigenvalue weighted by Crippen LogP contribution is 2.16. The second kappa shape index (κ2) is 5.48. The summed E-state index contributed by atoms with van der Waals surface area (Å²) in [6, 6.07) is 7.84. The van der Waals surface area contributed by atoms with E-state index in [0.717, 1.165) is 11.1 Å². The Morgan fingerprint density at radius 2 is 1.90 bits per heavy atom. The van der Waals surface area contributed by atoms with Crippen LogP contribution in [0.5, 0.6) is 0 Å². The molecule has 8 nitrogen and oxygen atoms in total. The number of azide groups is 1. The molecule has 8 heteroatoms. The maximum Gasteiger partial charge on any atom is 0.165 e. The van der Waals surface area contributed by atoms with Crippen LogP contribution in [-0.4, -0.2) is 19.5 Å². The number of hydrogen-bond donors (Lipinski definition) is 1. The first-order valence-electron chi connectivity index (χ1n) is 6.28. The first kappa shape index (κ1) is 12.9. The van der Waals surface area contributed by atoms with E-state index in [1.807, 2.05) is 28.8 Å². The Balaban J connectivity index is 1.85. The highest BCUT2D eigenvalue weighted by molar-refractivity contribution is 5.81. The van der Waals surface area contributed by atoms with Crippen LogP contribution in [0.3, 0.4) is 0 Å². The fourth-order valence-corrected chi connectivity index (χ4v) is 2.07. The largest absolute Gasteiger partial charge is 0.382 e. The number of fused-ring (bicyclic) bond motifs is 1. The van der Waals surface area contributed by atoms with Gasteiger partial charge in [-0.3, -0.25) is 0 Å². The van der Waals surface area contributed by atoms with Crippen LogP contribution < -0.4 is 5.73 Å². The first-order chi connectivity index (χ1) is 10.3. The van der Waals surface area contributed by atoms with E-state index in [1.165, 1.54) is 6.33 Å². The van der Waals surface area contributed by atoms with Crippen molar-refractivity contribution in [3.8, 4) is 0 Å². The third-order valence-electron chi connectivity index (χ3n) is 3.12. The van der Waals surface area contributed by atoms with Crippen LogP contribution >= 0.6 is 0 Å². The summed E-state index contributed by atoms with van der Waals surface area (Å²) in [5.41, 5.74) is 17.4. The van der Waals surface area contributed by atoms with Crippen molar-refractivity contribution in [1.82, 2.24) is 19.5 Å². The zero-order chi connectivity index (χ0) is 14.7. The van der Waals surface area contributed by atoms with Crippen molar-refractivity contribution in [1.29, 1.82) is 0 Å². The molecule has 0 atom stereocenters. The second-order valence-corrected chi connectivity index (χ2v) is 4.51. The van der Waals surface area contributed by atoms with Gasteiger partial charge < -0.3 is 10.3 Å². The molecule has 0 spiro atoms. The maximum absolute atomic E-state index is 8.30. The molecule has 2 N–H and O–H groups in total. The summed E-state index contributed by atoms with van der Waals surface area (Å²) in [5, 5.41) is 3.53. The lowest BCUT2D eigenvalue weighted by Crippen LogP contribution is -2.00. The molecule has 0 aliphatic carbocycles. The van der Waals surface area contributed by atoms with Gasteiger partial charge in [-0.1, -0.05) is 29.4 Å². The van der Waals surface area contributed by atoms with Crippen molar-refractivity contribution in [2.45, 2.75) is 13.1 Å². The minimum atomic E-state index is 0.356. The number of rotatable bonds is 4. The van der Waals surface area contributed by atoms with Gasteiger partial charge in [0.05, 0.1) is 19.4 Å².